The first-order valence-corrected chi connectivity index (χ1v) is 13.9. The molecule has 39 heavy (non-hydrogen) atoms. The van der Waals surface area contributed by atoms with Crippen LogP contribution in [0.4, 0.5) is 17.1 Å². The lowest BCUT2D eigenvalue weighted by molar-refractivity contribution is 0.481. The van der Waals surface area contributed by atoms with Crippen LogP contribution in [0.3, 0.4) is 0 Å². The zero-order valence-corrected chi connectivity index (χ0v) is 22.7. The third-order valence-corrected chi connectivity index (χ3v) is 7.56. The molecule has 5 aromatic carbocycles. The first-order chi connectivity index (χ1) is 18.7. The van der Waals surface area contributed by atoms with E-state index in [-0.39, 0.29) is 22.0 Å². The molecule has 0 atom stereocenters. The summed E-state index contributed by atoms with van der Waals surface area (Å²) in [5.41, 5.74) is 2.50. The maximum atomic E-state index is 13.1. The molecule has 7 nitrogen and oxygen atoms in total. The second-order valence-electron chi connectivity index (χ2n) is 8.99. The van der Waals surface area contributed by atoms with Crippen LogP contribution in [0, 0.1) is 13.8 Å². The number of fused-ring (bicyclic) bond motifs is 1. The van der Waals surface area contributed by atoms with Crippen LogP contribution in [-0.4, -0.2) is 13.5 Å². The summed E-state index contributed by atoms with van der Waals surface area (Å²) >= 11 is 6.20. The second kappa shape index (κ2) is 10.8. The van der Waals surface area contributed by atoms with Crippen molar-refractivity contribution in [2.45, 2.75) is 18.7 Å². The highest BCUT2D eigenvalue weighted by Gasteiger charge is 2.19. The van der Waals surface area contributed by atoms with E-state index in [2.05, 4.69) is 15.0 Å². The van der Waals surface area contributed by atoms with Crippen molar-refractivity contribution in [1.82, 2.24) is 0 Å². The van der Waals surface area contributed by atoms with Gasteiger partial charge in [-0.3, -0.25) is 4.72 Å². The van der Waals surface area contributed by atoms with Crippen LogP contribution < -0.4 is 9.46 Å². The van der Waals surface area contributed by atoms with Crippen LogP contribution in [-0.2, 0) is 10.0 Å². The third kappa shape index (κ3) is 5.87. The number of phenolic OH excluding ortho intramolecular Hbond substituents is 1. The van der Waals surface area contributed by atoms with E-state index < -0.39 is 10.0 Å². The fourth-order valence-corrected chi connectivity index (χ4v) is 5.28. The minimum absolute atomic E-state index is 0.116. The lowest BCUT2D eigenvalue weighted by Crippen LogP contribution is -2.13. The molecule has 0 radical (unpaired) electrons. The number of nitrogens with zero attached hydrogens (tertiary/aromatic N) is 2. The highest BCUT2D eigenvalue weighted by Crippen LogP contribution is 2.42. The Morgan fingerprint density at radius 1 is 0.795 bits per heavy atom. The summed E-state index contributed by atoms with van der Waals surface area (Å²) in [4.78, 5) is 0.116. The van der Waals surface area contributed by atoms with Crippen molar-refractivity contribution in [2.75, 3.05) is 4.72 Å². The number of aryl methyl sites for hydroxylation is 2. The van der Waals surface area contributed by atoms with Crippen LogP contribution in [0.5, 0.6) is 17.2 Å². The number of azo groups is 1. The van der Waals surface area contributed by atoms with Crippen molar-refractivity contribution < 1.29 is 18.3 Å². The summed E-state index contributed by atoms with van der Waals surface area (Å²) in [6.45, 7) is 3.73. The van der Waals surface area contributed by atoms with Gasteiger partial charge in [-0.25, -0.2) is 8.42 Å². The smallest absolute Gasteiger partial charge is 0.261 e. The summed E-state index contributed by atoms with van der Waals surface area (Å²) in [5.74, 6) is 0.827. The van der Waals surface area contributed by atoms with Gasteiger partial charge in [-0.1, -0.05) is 59.6 Å². The Labute approximate surface area is 231 Å². The van der Waals surface area contributed by atoms with Crippen LogP contribution in [0.1, 0.15) is 11.1 Å². The minimum Gasteiger partial charge on any atom is -0.505 e. The van der Waals surface area contributed by atoms with Gasteiger partial charge in [-0.2, -0.15) is 0 Å². The number of hydrogen-bond acceptors (Lipinski definition) is 6. The molecule has 0 saturated carbocycles. The summed E-state index contributed by atoms with van der Waals surface area (Å²) in [7, 11) is -3.91. The van der Waals surface area contributed by atoms with E-state index in [0.29, 0.717) is 33.0 Å². The SMILES string of the molecule is Cc1ccc(S(=O)(=O)Nc2cc(C)cc3ccc(N=Nc4cc(Cl)ccc4Oc4ccccc4)c(O)c23)cc1. The number of aromatic hydroxyl groups is 1. The molecule has 0 spiro atoms. The van der Waals surface area contributed by atoms with Crippen LogP contribution in [0.25, 0.3) is 10.8 Å². The van der Waals surface area contributed by atoms with E-state index in [1.165, 1.54) is 12.1 Å². The molecular formula is C30H24ClN3O4S. The molecule has 9 heteroatoms. The molecule has 0 aliphatic carbocycles. The van der Waals surface area contributed by atoms with Gasteiger partial charge < -0.3 is 9.84 Å². The lowest BCUT2D eigenvalue weighted by atomic mass is 10.0. The minimum atomic E-state index is -3.91. The fourth-order valence-electron chi connectivity index (χ4n) is 4.05. The normalized spacial score (nSPS) is 11.7. The van der Waals surface area contributed by atoms with Gasteiger partial charge in [0, 0.05) is 5.02 Å². The average molecular weight is 558 g/mol. The zero-order chi connectivity index (χ0) is 27.6. The van der Waals surface area contributed by atoms with Gasteiger partial charge in [0.15, 0.2) is 11.5 Å². The Hall–Kier alpha value is -4.40. The molecule has 0 amide bonds. The number of halogens is 1. The van der Waals surface area contributed by atoms with E-state index in [4.69, 9.17) is 16.3 Å². The molecule has 0 bridgehead atoms. The van der Waals surface area contributed by atoms with E-state index in [1.807, 2.05) is 50.2 Å². The largest absolute Gasteiger partial charge is 0.505 e. The summed E-state index contributed by atoms with van der Waals surface area (Å²) < 4.78 is 34.8. The Bertz CT molecular complexity index is 1810. The Morgan fingerprint density at radius 2 is 1.51 bits per heavy atom. The standard InChI is InChI=1S/C30H24ClN3O4S/c1-19-8-12-24(13-9-19)39(36,37)34-27-17-20(2)16-21-10-14-25(30(35)29(21)27)32-33-26-18-22(31)11-15-28(26)38-23-6-4-3-5-7-23/h3-18,34-35H,1-2H3. The number of ether oxygens (including phenoxy) is 1. The molecule has 0 saturated heterocycles. The van der Waals surface area contributed by atoms with Gasteiger partial charge in [-0.15, -0.1) is 10.2 Å². The lowest BCUT2D eigenvalue weighted by Gasteiger charge is -2.14. The summed E-state index contributed by atoms with van der Waals surface area (Å²) in [6, 6.07) is 27.6. The van der Waals surface area contributed by atoms with Crippen LogP contribution in [0.15, 0.2) is 112 Å². The molecule has 5 aromatic rings. The number of anilines is 1. The quantitative estimate of drug-likeness (QED) is 0.195. The molecular weight excluding hydrogens is 534 g/mol. The number of phenols is 1. The number of nitrogens with one attached hydrogen (secondary N) is 1. The monoisotopic (exact) mass is 557 g/mol. The Balaban J connectivity index is 1.54. The molecule has 0 unspecified atom stereocenters. The maximum Gasteiger partial charge on any atom is 0.261 e. The molecule has 0 aliphatic heterocycles. The highest BCUT2D eigenvalue weighted by molar-refractivity contribution is 7.92. The van der Waals surface area contributed by atoms with E-state index in [1.54, 1.807) is 48.5 Å². The van der Waals surface area contributed by atoms with Crippen molar-refractivity contribution in [3.63, 3.8) is 0 Å². The van der Waals surface area contributed by atoms with Gasteiger partial charge in [-0.05, 0) is 79.4 Å². The fraction of sp³-hybridized carbons (Fsp3) is 0.0667. The van der Waals surface area contributed by atoms with Crippen molar-refractivity contribution in [3.8, 4) is 17.2 Å². The zero-order valence-electron chi connectivity index (χ0n) is 21.1. The molecule has 0 aromatic heterocycles. The van der Waals surface area contributed by atoms with Gasteiger partial charge >= 0.3 is 0 Å². The predicted octanol–water partition coefficient (Wildman–Crippen LogP) is 8.82. The molecule has 5 rings (SSSR count). The topological polar surface area (TPSA) is 100 Å². The van der Waals surface area contributed by atoms with E-state index >= 15 is 0 Å². The van der Waals surface area contributed by atoms with E-state index in [0.717, 1.165) is 11.1 Å². The number of para-hydroxylation sites is 1. The number of sulfonamides is 1. The summed E-state index contributed by atoms with van der Waals surface area (Å²) in [6.07, 6.45) is 0. The summed E-state index contributed by atoms with van der Waals surface area (Å²) in [5, 5.41) is 21.2. The predicted molar refractivity (Wildman–Crippen MR) is 154 cm³/mol. The van der Waals surface area contributed by atoms with Crippen molar-refractivity contribution in [3.05, 3.63) is 113 Å². The van der Waals surface area contributed by atoms with Crippen LogP contribution in [0.2, 0.25) is 5.02 Å². The molecule has 196 valence electrons. The van der Waals surface area contributed by atoms with Gasteiger partial charge in [0.2, 0.25) is 0 Å². The van der Waals surface area contributed by atoms with Crippen molar-refractivity contribution in [1.29, 1.82) is 0 Å². The van der Waals surface area contributed by atoms with Crippen molar-refractivity contribution in [2.24, 2.45) is 10.2 Å². The highest BCUT2D eigenvalue weighted by atomic mass is 35.5. The first kappa shape index (κ1) is 26.2. The molecule has 2 N–H and O–H groups in total. The third-order valence-electron chi connectivity index (χ3n) is 5.95. The Kier molecular flexibility index (Phi) is 7.24. The van der Waals surface area contributed by atoms with Gasteiger partial charge in [0.25, 0.3) is 10.0 Å². The van der Waals surface area contributed by atoms with E-state index in [9.17, 15) is 13.5 Å². The second-order valence-corrected chi connectivity index (χ2v) is 11.1. The average Bonchev–Trinajstić information content (AvgIpc) is 2.90. The number of rotatable bonds is 7. The Morgan fingerprint density at radius 3 is 2.26 bits per heavy atom. The first-order valence-electron chi connectivity index (χ1n) is 12.0. The van der Waals surface area contributed by atoms with Gasteiger partial charge in [0.1, 0.15) is 17.1 Å². The molecule has 0 heterocycles. The number of benzene rings is 5. The maximum absolute atomic E-state index is 13.1. The van der Waals surface area contributed by atoms with Gasteiger partial charge in [0.05, 0.1) is 16.0 Å². The van der Waals surface area contributed by atoms with Crippen molar-refractivity contribution >= 4 is 49.5 Å². The molecule has 0 fully saturated rings. The van der Waals surface area contributed by atoms with Crippen LogP contribution >= 0.6 is 11.6 Å². The molecule has 0 aliphatic rings. The number of hydrogen-bond donors (Lipinski definition) is 2.